The zero-order valence-corrected chi connectivity index (χ0v) is 9.73. The molecule has 0 radical (unpaired) electrons. The number of para-hydroxylation sites is 1. The van der Waals surface area contributed by atoms with Crippen LogP contribution in [-0.4, -0.2) is 7.05 Å². The van der Waals surface area contributed by atoms with Crippen LogP contribution in [0.4, 0.5) is 15.8 Å². The normalized spacial score (nSPS) is 10.2. The van der Waals surface area contributed by atoms with E-state index in [0.717, 1.165) is 11.3 Å². The summed E-state index contributed by atoms with van der Waals surface area (Å²) in [5.74, 6) is -0.357. The highest BCUT2D eigenvalue weighted by molar-refractivity contribution is 5.47. The maximum Gasteiger partial charge on any atom is 0.146 e. The first-order chi connectivity index (χ1) is 8.16. The lowest BCUT2D eigenvalue weighted by atomic mass is 10.2. The maximum atomic E-state index is 13.3. The molecule has 0 saturated heterocycles. The quantitative estimate of drug-likeness (QED) is 0.821. The molecule has 0 aliphatic heterocycles. The van der Waals surface area contributed by atoms with Gasteiger partial charge in [0.1, 0.15) is 5.82 Å². The van der Waals surface area contributed by atoms with Gasteiger partial charge in [0.15, 0.2) is 0 Å². The van der Waals surface area contributed by atoms with Crippen molar-refractivity contribution >= 4 is 11.4 Å². The third-order valence-corrected chi connectivity index (χ3v) is 2.68. The molecule has 88 valence electrons. The third-order valence-electron chi connectivity index (χ3n) is 2.68. The van der Waals surface area contributed by atoms with E-state index in [-0.39, 0.29) is 11.5 Å². The molecule has 0 amide bonds. The van der Waals surface area contributed by atoms with Crippen LogP contribution in [0.1, 0.15) is 5.56 Å². The fourth-order valence-electron chi connectivity index (χ4n) is 1.72. The summed E-state index contributed by atoms with van der Waals surface area (Å²) in [6, 6.07) is 14.9. The lowest BCUT2D eigenvalue weighted by Gasteiger charge is -2.19. The Kier molecular flexibility index (Phi) is 3.28. The van der Waals surface area contributed by atoms with Gasteiger partial charge in [0.2, 0.25) is 0 Å². The van der Waals surface area contributed by atoms with Crippen LogP contribution in [0.25, 0.3) is 0 Å². The first-order valence-corrected chi connectivity index (χ1v) is 5.47. The SMILES string of the molecule is CN(Cc1ccc(N)c(F)c1)c1ccccc1. The van der Waals surface area contributed by atoms with Crippen LogP contribution in [0, 0.1) is 5.82 Å². The Labute approximate surface area is 100 Å². The molecule has 0 fully saturated rings. The Hall–Kier alpha value is -2.03. The standard InChI is InChI=1S/C14H15FN2/c1-17(12-5-3-2-4-6-12)10-11-7-8-14(16)13(15)9-11/h2-9H,10,16H2,1H3. The number of benzene rings is 2. The molecule has 0 spiro atoms. The molecular formula is C14H15FN2. The van der Waals surface area contributed by atoms with Crippen LogP contribution < -0.4 is 10.6 Å². The summed E-state index contributed by atoms with van der Waals surface area (Å²) < 4.78 is 13.3. The van der Waals surface area contributed by atoms with E-state index >= 15 is 0 Å². The highest BCUT2D eigenvalue weighted by Gasteiger charge is 2.04. The molecule has 2 nitrogen and oxygen atoms in total. The Balaban J connectivity index is 2.13. The fraction of sp³-hybridized carbons (Fsp3) is 0.143. The number of rotatable bonds is 3. The molecule has 0 aliphatic carbocycles. The smallest absolute Gasteiger partial charge is 0.146 e. The van der Waals surface area contributed by atoms with Crippen LogP contribution in [0.3, 0.4) is 0 Å². The molecule has 0 bridgehead atoms. The molecule has 0 unspecified atom stereocenters. The van der Waals surface area contributed by atoms with Crippen LogP contribution >= 0.6 is 0 Å². The lowest BCUT2D eigenvalue weighted by Crippen LogP contribution is -2.16. The molecular weight excluding hydrogens is 215 g/mol. The van der Waals surface area contributed by atoms with Crippen molar-refractivity contribution in [2.75, 3.05) is 17.7 Å². The highest BCUT2D eigenvalue weighted by Crippen LogP contribution is 2.17. The van der Waals surface area contributed by atoms with Crippen molar-refractivity contribution in [2.24, 2.45) is 0 Å². The topological polar surface area (TPSA) is 29.3 Å². The summed E-state index contributed by atoms with van der Waals surface area (Å²) in [4.78, 5) is 2.06. The molecule has 0 heterocycles. The van der Waals surface area contributed by atoms with Crippen LogP contribution in [0.5, 0.6) is 0 Å². The fourth-order valence-corrected chi connectivity index (χ4v) is 1.72. The van der Waals surface area contributed by atoms with E-state index in [4.69, 9.17) is 5.73 Å². The average Bonchev–Trinajstić information content (AvgIpc) is 2.35. The molecule has 2 N–H and O–H groups in total. The molecule has 0 aliphatic rings. The van der Waals surface area contributed by atoms with E-state index in [1.807, 2.05) is 43.4 Å². The number of anilines is 2. The third kappa shape index (κ3) is 2.75. The first kappa shape index (κ1) is 11.5. The molecule has 2 rings (SSSR count). The van der Waals surface area contributed by atoms with Crippen molar-refractivity contribution in [3.63, 3.8) is 0 Å². The number of nitrogen functional groups attached to an aromatic ring is 1. The molecule has 3 heteroatoms. The second-order valence-corrected chi connectivity index (χ2v) is 4.05. The average molecular weight is 230 g/mol. The van der Waals surface area contributed by atoms with Crippen LogP contribution in [0.15, 0.2) is 48.5 Å². The zero-order chi connectivity index (χ0) is 12.3. The van der Waals surface area contributed by atoms with Gasteiger partial charge in [0.25, 0.3) is 0 Å². The van der Waals surface area contributed by atoms with Gasteiger partial charge in [-0.15, -0.1) is 0 Å². The molecule has 2 aromatic rings. The van der Waals surface area contributed by atoms with Gasteiger partial charge in [-0.05, 0) is 29.8 Å². The predicted molar refractivity (Wildman–Crippen MR) is 69.4 cm³/mol. The highest BCUT2D eigenvalue weighted by atomic mass is 19.1. The van der Waals surface area contributed by atoms with Gasteiger partial charge in [-0.3, -0.25) is 0 Å². The summed E-state index contributed by atoms with van der Waals surface area (Å²) in [6.07, 6.45) is 0. The summed E-state index contributed by atoms with van der Waals surface area (Å²) in [5, 5.41) is 0. The van der Waals surface area contributed by atoms with Crippen LogP contribution in [-0.2, 0) is 6.54 Å². The zero-order valence-electron chi connectivity index (χ0n) is 9.73. The Morgan fingerprint density at radius 2 is 1.82 bits per heavy atom. The number of hydrogen-bond acceptors (Lipinski definition) is 2. The van der Waals surface area contributed by atoms with Crippen molar-refractivity contribution < 1.29 is 4.39 Å². The van der Waals surface area contributed by atoms with Crippen molar-refractivity contribution in [1.29, 1.82) is 0 Å². The molecule has 0 aromatic heterocycles. The Bertz CT molecular complexity index is 497. The number of hydrogen-bond donors (Lipinski definition) is 1. The summed E-state index contributed by atoms with van der Waals surface area (Å²) >= 11 is 0. The largest absolute Gasteiger partial charge is 0.396 e. The van der Waals surface area contributed by atoms with Gasteiger partial charge in [0.05, 0.1) is 5.69 Å². The van der Waals surface area contributed by atoms with Crippen molar-refractivity contribution in [2.45, 2.75) is 6.54 Å². The van der Waals surface area contributed by atoms with E-state index in [1.54, 1.807) is 6.07 Å². The van der Waals surface area contributed by atoms with E-state index in [1.165, 1.54) is 6.07 Å². The first-order valence-electron chi connectivity index (χ1n) is 5.47. The predicted octanol–water partition coefficient (Wildman–Crippen LogP) is 3.04. The van der Waals surface area contributed by atoms with Crippen molar-refractivity contribution in [3.05, 3.63) is 59.9 Å². The summed E-state index contributed by atoms with van der Waals surface area (Å²) in [7, 11) is 1.98. The minimum atomic E-state index is -0.357. The van der Waals surface area contributed by atoms with E-state index in [9.17, 15) is 4.39 Å². The van der Waals surface area contributed by atoms with E-state index in [2.05, 4.69) is 4.90 Å². The monoisotopic (exact) mass is 230 g/mol. The molecule has 0 saturated carbocycles. The van der Waals surface area contributed by atoms with Crippen molar-refractivity contribution in [3.8, 4) is 0 Å². The molecule has 0 atom stereocenters. The number of halogens is 1. The Morgan fingerprint density at radius 1 is 1.12 bits per heavy atom. The lowest BCUT2D eigenvalue weighted by molar-refractivity contribution is 0.630. The van der Waals surface area contributed by atoms with Gasteiger partial charge in [0, 0.05) is 19.3 Å². The van der Waals surface area contributed by atoms with Gasteiger partial charge >= 0.3 is 0 Å². The van der Waals surface area contributed by atoms with E-state index < -0.39 is 0 Å². The van der Waals surface area contributed by atoms with Gasteiger partial charge in [-0.1, -0.05) is 24.3 Å². The maximum absolute atomic E-state index is 13.3. The minimum absolute atomic E-state index is 0.191. The number of nitrogens with zero attached hydrogens (tertiary/aromatic N) is 1. The minimum Gasteiger partial charge on any atom is -0.396 e. The van der Waals surface area contributed by atoms with Gasteiger partial charge < -0.3 is 10.6 Å². The van der Waals surface area contributed by atoms with Crippen molar-refractivity contribution in [1.82, 2.24) is 0 Å². The van der Waals surface area contributed by atoms with Gasteiger partial charge in [-0.25, -0.2) is 4.39 Å². The summed E-state index contributed by atoms with van der Waals surface area (Å²) in [6.45, 7) is 0.654. The number of nitrogens with two attached hydrogens (primary N) is 1. The van der Waals surface area contributed by atoms with Gasteiger partial charge in [-0.2, -0.15) is 0 Å². The molecule has 2 aromatic carbocycles. The molecule has 17 heavy (non-hydrogen) atoms. The van der Waals surface area contributed by atoms with Crippen LogP contribution in [0.2, 0.25) is 0 Å². The second kappa shape index (κ2) is 4.87. The Morgan fingerprint density at radius 3 is 2.47 bits per heavy atom. The van der Waals surface area contributed by atoms with E-state index in [0.29, 0.717) is 6.54 Å². The second-order valence-electron chi connectivity index (χ2n) is 4.05. The summed E-state index contributed by atoms with van der Waals surface area (Å²) in [5.41, 5.74) is 7.64.